The molecule has 1 fully saturated rings. The number of hydrogen-bond acceptors (Lipinski definition) is 14. The maximum atomic E-state index is 12.1. The number of benzene rings is 3. The number of aliphatic hydroxyl groups is 2. The smallest absolute Gasteiger partial charge is 0.247 e. The van der Waals surface area contributed by atoms with Gasteiger partial charge >= 0.3 is 0 Å². The molecule has 0 radical (unpaired) electrons. The summed E-state index contributed by atoms with van der Waals surface area (Å²) in [5, 5.41) is 114. The minimum atomic E-state index is -1.06. The van der Waals surface area contributed by atoms with E-state index in [-0.39, 0.29) is 96.4 Å². The van der Waals surface area contributed by atoms with Crippen LogP contribution < -0.4 is 24.9 Å². The van der Waals surface area contributed by atoms with E-state index in [4.69, 9.17) is 14.5 Å². The van der Waals surface area contributed by atoms with Gasteiger partial charge in [-0.15, -0.1) is 0 Å². The number of allylic oxidation sites excluding steroid dienone is 2. The normalized spacial score (nSPS) is 20.0. The largest absolute Gasteiger partial charge is 0.511 e. The molecule has 0 aromatic heterocycles. The van der Waals surface area contributed by atoms with Crippen molar-refractivity contribution in [1.82, 2.24) is 0 Å². The summed E-state index contributed by atoms with van der Waals surface area (Å²) in [5.41, 5.74) is -0.979. The molecule has 7 rings (SSSR count). The maximum absolute atomic E-state index is 12.1. The molecule has 1 unspecified atom stereocenters. The van der Waals surface area contributed by atoms with Crippen LogP contribution in [0.4, 0.5) is 5.69 Å². The van der Waals surface area contributed by atoms with E-state index in [9.17, 15) is 51.1 Å². The zero-order chi connectivity index (χ0) is 39.8. The van der Waals surface area contributed by atoms with E-state index in [0.717, 1.165) is 0 Å². The van der Waals surface area contributed by atoms with Crippen LogP contribution in [0.3, 0.4) is 0 Å². The quantitative estimate of drug-likeness (QED) is 0.0551. The Hall–Kier alpha value is -5.86. The number of phenols is 8. The highest BCUT2D eigenvalue weighted by molar-refractivity contribution is 6.76. The van der Waals surface area contributed by atoms with Gasteiger partial charge in [-0.3, -0.25) is 9.78 Å². The fourth-order valence-electron chi connectivity index (χ4n) is 8.45. The topological polar surface area (TPSA) is 233 Å². The van der Waals surface area contributed by atoms with Gasteiger partial charge in [0.1, 0.15) is 22.9 Å². The molecule has 15 heteroatoms. The first kappa shape index (κ1) is 36.5. The third-order valence-corrected chi connectivity index (χ3v) is 12.6. The van der Waals surface area contributed by atoms with Crippen molar-refractivity contribution in [2.45, 2.75) is 81.5 Å². The third kappa shape index (κ3) is 4.65. The molecule has 0 saturated carbocycles. The highest BCUT2D eigenvalue weighted by atomic mass is 17.2. The number of rotatable bonds is 2. The second-order valence-electron chi connectivity index (χ2n) is 16.2. The average molecular weight is 746 g/mol. The zero-order valence-electron chi connectivity index (χ0n) is 31.4. The summed E-state index contributed by atoms with van der Waals surface area (Å²) >= 11 is 0. The third-order valence-electron chi connectivity index (χ3n) is 12.6. The molecule has 3 aromatic rings. The minimum absolute atomic E-state index is 0.0353. The van der Waals surface area contributed by atoms with Crippen molar-refractivity contribution in [3.05, 3.63) is 50.8 Å². The summed E-state index contributed by atoms with van der Waals surface area (Å²) in [7, 11) is 0. The monoisotopic (exact) mass is 745 g/mol. The number of ether oxygens (including phenoxy) is 1. The highest BCUT2D eigenvalue weighted by Crippen LogP contribution is 2.61. The molecule has 3 aliphatic heterocycles. The maximum Gasteiger partial charge on any atom is 0.247 e. The van der Waals surface area contributed by atoms with E-state index in [1.54, 1.807) is 13.8 Å². The van der Waals surface area contributed by atoms with E-state index >= 15 is 0 Å². The minimum Gasteiger partial charge on any atom is -0.511 e. The van der Waals surface area contributed by atoms with Gasteiger partial charge in [0.15, 0.2) is 58.5 Å². The van der Waals surface area contributed by atoms with E-state index in [2.05, 4.69) is 27.7 Å². The molecule has 2 bridgehead atoms. The molecule has 4 aliphatic rings. The standard InChI is InChI=1S/C39H44BNO13/c1-13-14(2)25(43)22-35(17(5)24(13)42)52-36-18-10-41(22)23-31(49)29(47)21(40-11-38(6,7)39(8,9)12-40)30(48)37(23)54-53-34(18)16(4)20(28(36)46)19-15(3)26(44)32(50)33(51)27(19)45/h13,42-51H,10-12H2,1-9H3. The van der Waals surface area contributed by atoms with Gasteiger partial charge in [-0.2, -0.15) is 0 Å². The SMILES string of the molecule is CC1=C(O)C(C)C(C)=C(O)C2=C1Oc1c(O)c(-c3c(C)c(O)c(O)c(O)c3O)c(C)c3c1CN2c1c(O)c(O)c(B2CC(C)(C)C(C)(C)C2)c(O)c1OO3. The number of phenolic OH excluding ortho intramolecular Hbond substituents is 8. The predicted molar refractivity (Wildman–Crippen MR) is 199 cm³/mol. The number of hydrogen-bond donors (Lipinski definition) is 10. The van der Waals surface area contributed by atoms with Gasteiger partial charge in [-0.05, 0) is 44.1 Å². The second kappa shape index (κ2) is 11.6. The molecule has 54 heavy (non-hydrogen) atoms. The Balaban J connectivity index is 1.60. The van der Waals surface area contributed by atoms with Crippen molar-refractivity contribution in [1.29, 1.82) is 0 Å². The Bertz CT molecular complexity index is 2270. The first-order valence-corrected chi connectivity index (χ1v) is 17.6. The predicted octanol–water partition coefficient (Wildman–Crippen LogP) is 6.99. The van der Waals surface area contributed by atoms with E-state index in [0.29, 0.717) is 18.2 Å². The molecular weight excluding hydrogens is 701 g/mol. The molecule has 10 N–H and O–H groups in total. The van der Waals surface area contributed by atoms with Gasteiger partial charge in [0.2, 0.25) is 17.2 Å². The number of fused-ring (bicyclic) bond motifs is 4. The molecule has 1 aliphatic carbocycles. The Morgan fingerprint density at radius 2 is 1.19 bits per heavy atom. The van der Waals surface area contributed by atoms with Crippen LogP contribution >= 0.6 is 0 Å². The lowest BCUT2D eigenvalue weighted by Crippen LogP contribution is -2.32. The fraction of sp³-hybridized carbons (Fsp3) is 0.385. The zero-order valence-corrected chi connectivity index (χ0v) is 31.4. The fourth-order valence-corrected chi connectivity index (χ4v) is 8.45. The molecule has 3 heterocycles. The number of aromatic hydroxyl groups is 8. The molecular formula is C39H44BNO13. The molecule has 1 atom stereocenters. The first-order valence-electron chi connectivity index (χ1n) is 17.6. The Morgan fingerprint density at radius 1 is 0.630 bits per heavy atom. The van der Waals surface area contributed by atoms with Crippen molar-refractivity contribution in [2.75, 3.05) is 4.90 Å². The van der Waals surface area contributed by atoms with Crippen LogP contribution in [0.1, 0.15) is 65.2 Å². The van der Waals surface area contributed by atoms with E-state index < -0.39 is 64.4 Å². The summed E-state index contributed by atoms with van der Waals surface area (Å²) in [6, 6.07) is 0. The van der Waals surface area contributed by atoms with Crippen LogP contribution in [0, 0.1) is 30.6 Å². The highest BCUT2D eigenvalue weighted by Gasteiger charge is 2.51. The number of nitrogens with zero attached hydrogens (tertiary/aromatic N) is 1. The lowest BCUT2D eigenvalue weighted by molar-refractivity contribution is -0.103. The number of aliphatic hydroxyl groups excluding tert-OH is 2. The molecule has 0 amide bonds. The van der Waals surface area contributed by atoms with Crippen LogP contribution in [0.25, 0.3) is 11.1 Å². The molecule has 14 nitrogen and oxygen atoms in total. The Kier molecular flexibility index (Phi) is 7.82. The molecule has 286 valence electrons. The van der Waals surface area contributed by atoms with Crippen LogP contribution in [0.15, 0.2) is 34.1 Å². The van der Waals surface area contributed by atoms with Gasteiger partial charge in [0.05, 0.1) is 12.1 Å². The second-order valence-corrected chi connectivity index (χ2v) is 16.2. The van der Waals surface area contributed by atoms with Crippen molar-refractivity contribution in [2.24, 2.45) is 16.7 Å². The van der Waals surface area contributed by atoms with Gasteiger partial charge in [-0.1, -0.05) is 47.3 Å². The molecule has 3 aromatic carbocycles. The molecule has 1 saturated heterocycles. The summed E-state index contributed by atoms with van der Waals surface area (Å²) in [5.74, 6) is -8.61. The van der Waals surface area contributed by atoms with Gasteiger partial charge in [0, 0.05) is 39.2 Å². The Labute approximate surface area is 311 Å². The van der Waals surface area contributed by atoms with E-state index in [1.165, 1.54) is 25.7 Å². The molecule has 0 spiro atoms. The van der Waals surface area contributed by atoms with Crippen molar-refractivity contribution < 1.29 is 65.6 Å². The van der Waals surface area contributed by atoms with Gasteiger partial charge in [-0.25, -0.2) is 0 Å². The number of anilines is 1. The van der Waals surface area contributed by atoms with Gasteiger partial charge in [0.25, 0.3) is 0 Å². The lowest BCUT2D eigenvalue weighted by Gasteiger charge is -2.35. The van der Waals surface area contributed by atoms with Crippen LogP contribution in [0.2, 0.25) is 12.6 Å². The summed E-state index contributed by atoms with van der Waals surface area (Å²) in [4.78, 5) is 13.2. The summed E-state index contributed by atoms with van der Waals surface area (Å²) in [6.45, 7) is 15.1. The van der Waals surface area contributed by atoms with Crippen molar-refractivity contribution in [3.63, 3.8) is 0 Å². The first-order chi connectivity index (χ1) is 25.1. The van der Waals surface area contributed by atoms with E-state index in [1.807, 2.05) is 0 Å². The van der Waals surface area contributed by atoms with Crippen molar-refractivity contribution in [3.8, 4) is 74.4 Å². The van der Waals surface area contributed by atoms with Crippen LogP contribution in [-0.2, 0) is 6.54 Å². The van der Waals surface area contributed by atoms with Gasteiger partial charge < -0.3 is 60.7 Å². The Morgan fingerprint density at radius 3 is 1.80 bits per heavy atom. The average Bonchev–Trinajstić information content (AvgIpc) is 3.19. The summed E-state index contributed by atoms with van der Waals surface area (Å²) in [6.07, 6.45) is 1.08. The lowest BCUT2D eigenvalue weighted by atomic mass is 9.41. The van der Waals surface area contributed by atoms with Crippen molar-refractivity contribution >= 4 is 17.9 Å². The van der Waals surface area contributed by atoms with Crippen LogP contribution in [-0.4, -0.2) is 57.8 Å². The summed E-state index contributed by atoms with van der Waals surface area (Å²) < 4.78 is 6.45. The van der Waals surface area contributed by atoms with Crippen LogP contribution in [0.5, 0.6) is 63.2 Å².